The van der Waals surface area contributed by atoms with Gasteiger partial charge in [-0.2, -0.15) is 0 Å². The quantitative estimate of drug-likeness (QED) is 0.784. The summed E-state index contributed by atoms with van der Waals surface area (Å²) in [6.07, 6.45) is 2.02. The molecule has 2 atom stereocenters. The van der Waals surface area contributed by atoms with Crippen LogP contribution >= 0.6 is 0 Å². The summed E-state index contributed by atoms with van der Waals surface area (Å²) < 4.78 is 0. The first-order chi connectivity index (χ1) is 9.49. The number of anilines is 1. The van der Waals surface area contributed by atoms with Crippen molar-refractivity contribution in [3.8, 4) is 0 Å². The monoisotopic (exact) mass is 276 g/mol. The number of carbonyl (C=O) groups is 2. The van der Waals surface area contributed by atoms with Crippen LogP contribution in [0.1, 0.15) is 36.2 Å². The highest BCUT2D eigenvalue weighted by atomic mass is 16.4. The van der Waals surface area contributed by atoms with E-state index < -0.39 is 17.9 Å². The van der Waals surface area contributed by atoms with Gasteiger partial charge in [0.25, 0.3) is 5.91 Å². The fourth-order valence-corrected chi connectivity index (χ4v) is 2.25. The number of carboxylic acids is 1. The molecule has 0 bridgehead atoms. The molecule has 0 spiro atoms. The summed E-state index contributed by atoms with van der Waals surface area (Å²) in [5, 5.41) is 15.0. The van der Waals surface area contributed by atoms with Gasteiger partial charge in [0.15, 0.2) is 0 Å². The van der Waals surface area contributed by atoms with E-state index in [0.717, 1.165) is 30.6 Å². The molecule has 1 aliphatic heterocycles. The lowest BCUT2D eigenvalue weighted by Crippen LogP contribution is -2.40. The van der Waals surface area contributed by atoms with Crippen LogP contribution in [0.15, 0.2) is 18.2 Å². The molecular weight excluding hydrogens is 256 g/mol. The van der Waals surface area contributed by atoms with E-state index in [0.29, 0.717) is 5.56 Å². The molecule has 0 saturated carbocycles. The smallest absolute Gasteiger partial charge is 0.308 e. The first kappa shape index (κ1) is 14.4. The van der Waals surface area contributed by atoms with E-state index in [1.165, 1.54) is 0 Å². The van der Waals surface area contributed by atoms with Gasteiger partial charge in [-0.15, -0.1) is 0 Å². The van der Waals surface area contributed by atoms with Gasteiger partial charge in [-0.3, -0.25) is 9.59 Å². The summed E-state index contributed by atoms with van der Waals surface area (Å²) in [5.41, 5.74) is 2.81. The largest absolute Gasteiger partial charge is 0.481 e. The number of nitrogens with one attached hydrogen (secondary N) is 2. The molecule has 0 fully saturated rings. The van der Waals surface area contributed by atoms with Crippen LogP contribution in [-0.4, -0.2) is 29.6 Å². The molecular formula is C15H20N2O3. The van der Waals surface area contributed by atoms with Crippen LogP contribution in [0.3, 0.4) is 0 Å². The molecule has 20 heavy (non-hydrogen) atoms. The third-order valence-corrected chi connectivity index (χ3v) is 3.80. The van der Waals surface area contributed by atoms with E-state index in [-0.39, 0.29) is 5.91 Å². The van der Waals surface area contributed by atoms with Gasteiger partial charge in [0, 0.05) is 23.8 Å². The number of fused-ring (bicyclic) bond motifs is 1. The van der Waals surface area contributed by atoms with Crippen molar-refractivity contribution in [3.05, 3.63) is 29.3 Å². The molecule has 1 aromatic carbocycles. The minimum atomic E-state index is -0.910. The predicted octanol–water partition coefficient (Wildman–Crippen LogP) is 1.88. The molecule has 5 nitrogen and oxygen atoms in total. The number of carboxylic acid groups (broad SMARTS) is 1. The lowest BCUT2D eigenvalue weighted by molar-refractivity contribution is -0.141. The van der Waals surface area contributed by atoms with Crippen LogP contribution in [0, 0.1) is 5.92 Å². The van der Waals surface area contributed by atoms with E-state index in [1.54, 1.807) is 19.9 Å². The molecule has 0 aliphatic carbocycles. The van der Waals surface area contributed by atoms with Gasteiger partial charge in [-0.25, -0.2) is 0 Å². The SMILES string of the molecule is CC(NC(=O)c1ccc2c(c1)CCCN2)C(C)C(=O)O. The molecule has 1 aromatic rings. The van der Waals surface area contributed by atoms with Crippen LogP contribution in [0.5, 0.6) is 0 Å². The Kier molecular flexibility index (Phi) is 4.27. The number of carbonyl (C=O) groups excluding carboxylic acids is 1. The highest BCUT2D eigenvalue weighted by molar-refractivity contribution is 5.95. The van der Waals surface area contributed by atoms with Crippen molar-refractivity contribution in [2.24, 2.45) is 5.92 Å². The molecule has 2 rings (SSSR count). The fourth-order valence-electron chi connectivity index (χ4n) is 2.25. The van der Waals surface area contributed by atoms with Crippen molar-refractivity contribution in [1.29, 1.82) is 0 Å². The molecule has 1 heterocycles. The Morgan fingerprint density at radius 3 is 2.80 bits per heavy atom. The van der Waals surface area contributed by atoms with Gasteiger partial charge in [-0.1, -0.05) is 0 Å². The Hall–Kier alpha value is -2.04. The molecule has 3 N–H and O–H groups in total. The van der Waals surface area contributed by atoms with Crippen molar-refractivity contribution in [2.45, 2.75) is 32.7 Å². The van der Waals surface area contributed by atoms with E-state index in [1.807, 2.05) is 12.1 Å². The molecule has 0 aromatic heterocycles. The molecule has 108 valence electrons. The average Bonchev–Trinajstić information content (AvgIpc) is 2.45. The van der Waals surface area contributed by atoms with Gasteiger partial charge >= 0.3 is 5.97 Å². The third kappa shape index (κ3) is 3.10. The number of hydrogen-bond acceptors (Lipinski definition) is 3. The Balaban J connectivity index is 2.08. The zero-order chi connectivity index (χ0) is 14.7. The number of aryl methyl sites for hydroxylation is 1. The first-order valence-corrected chi connectivity index (χ1v) is 6.89. The summed E-state index contributed by atoms with van der Waals surface area (Å²) in [4.78, 5) is 23.0. The van der Waals surface area contributed by atoms with E-state index >= 15 is 0 Å². The number of amides is 1. The van der Waals surface area contributed by atoms with Gasteiger partial charge in [0.2, 0.25) is 0 Å². The van der Waals surface area contributed by atoms with Crippen molar-refractivity contribution < 1.29 is 14.7 Å². The maximum absolute atomic E-state index is 12.1. The highest BCUT2D eigenvalue weighted by Crippen LogP contribution is 2.23. The number of rotatable bonds is 4. The Labute approximate surface area is 118 Å². The minimum Gasteiger partial charge on any atom is -0.481 e. The Morgan fingerprint density at radius 2 is 2.10 bits per heavy atom. The molecule has 0 saturated heterocycles. The molecule has 2 unspecified atom stereocenters. The van der Waals surface area contributed by atoms with E-state index in [4.69, 9.17) is 5.11 Å². The zero-order valence-corrected chi connectivity index (χ0v) is 11.8. The zero-order valence-electron chi connectivity index (χ0n) is 11.8. The number of benzene rings is 1. The van der Waals surface area contributed by atoms with Crippen molar-refractivity contribution >= 4 is 17.6 Å². The summed E-state index contributed by atoms with van der Waals surface area (Å²) in [6, 6.07) is 5.16. The average molecular weight is 276 g/mol. The van der Waals surface area contributed by atoms with E-state index in [9.17, 15) is 9.59 Å². The van der Waals surface area contributed by atoms with Crippen LogP contribution in [0.2, 0.25) is 0 Å². The topological polar surface area (TPSA) is 78.4 Å². The normalized spacial score (nSPS) is 16.5. The second-order valence-corrected chi connectivity index (χ2v) is 5.29. The van der Waals surface area contributed by atoms with Crippen molar-refractivity contribution in [3.63, 3.8) is 0 Å². The predicted molar refractivity (Wildman–Crippen MR) is 77.0 cm³/mol. The Bertz CT molecular complexity index is 528. The van der Waals surface area contributed by atoms with Crippen LogP contribution < -0.4 is 10.6 Å². The van der Waals surface area contributed by atoms with Crippen LogP contribution in [0.25, 0.3) is 0 Å². The number of hydrogen-bond donors (Lipinski definition) is 3. The highest BCUT2D eigenvalue weighted by Gasteiger charge is 2.22. The molecule has 1 aliphatic rings. The van der Waals surface area contributed by atoms with Gasteiger partial charge in [0.05, 0.1) is 5.92 Å². The van der Waals surface area contributed by atoms with Crippen molar-refractivity contribution in [1.82, 2.24) is 5.32 Å². The lowest BCUT2D eigenvalue weighted by atomic mass is 9.99. The number of aliphatic carboxylic acids is 1. The summed E-state index contributed by atoms with van der Waals surface area (Å²) in [6.45, 7) is 4.26. The van der Waals surface area contributed by atoms with Gasteiger partial charge in [-0.05, 0) is 50.5 Å². The lowest BCUT2D eigenvalue weighted by Gasteiger charge is -2.20. The van der Waals surface area contributed by atoms with Gasteiger partial charge < -0.3 is 15.7 Å². The van der Waals surface area contributed by atoms with Gasteiger partial charge in [0.1, 0.15) is 0 Å². The standard InChI is InChI=1S/C15H20N2O3/c1-9(15(19)20)10(2)17-14(18)12-5-6-13-11(8-12)4-3-7-16-13/h5-6,8-10,16H,3-4,7H2,1-2H3,(H,17,18)(H,19,20). The summed E-state index contributed by atoms with van der Waals surface area (Å²) >= 11 is 0. The summed E-state index contributed by atoms with van der Waals surface area (Å²) in [5.74, 6) is -1.75. The van der Waals surface area contributed by atoms with E-state index in [2.05, 4.69) is 10.6 Å². The second-order valence-electron chi connectivity index (χ2n) is 5.29. The van der Waals surface area contributed by atoms with Crippen LogP contribution in [0.4, 0.5) is 5.69 Å². The fraction of sp³-hybridized carbons (Fsp3) is 0.467. The molecule has 0 radical (unpaired) electrons. The van der Waals surface area contributed by atoms with Crippen molar-refractivity contribution in [2.75, 3.05) is 11.9 Å². The second kappa shape index (κ2) is 5.94. The first-order valence-electron chi connectivity index (χ1n) is 6.89. The Morgan fingerprint density at radius 1 is 1.35 bits per heavy atom. The maximum Gasteiger partial charge on any atom is 0.308 e. The third-order valence-electron chi connectivity index (χ3n) is 3.80. The maximum atomic E-state index is 12.1. The molecule has 5 heteroatoms. The minimum absolute atomic E-state index is 0.223. The van der Waals surface area contributed by atoms with Crippen LogP contribution in [-0.2, 0) is 11.2 Å². The summed E-state index contributed by atoms with van der Waals surface area (Å²) in [7, 11) is 0. The molecule has 1 amide bonds.